The van der Waals surface area contributed by atoms with E-state index in [4.69, 9.17) is 14.6 Å². The number of nitrogens with one attached hydrogen (secondary N) is 1. The van der Waals surface area contributed by atoms with Crippen molar-refractivity contribution in [2.75, 3.05) is 20.3 Å². The molecule has 21 heavy (non-hydrogen) atoms. The van der Waals surface area contributed by atoms with Crippen LogP contribution in [-0.2, 0) is 9.53 Å². The fraction of sp³-hybridized carbons (Fsp3) is 0.467. The van der Waals surface area contributed by atoms with Crippen LogP contribution in [0.5, 0.6) is 5.75 Å². The molecule has 0 saturated heterocycles. The highest BCUT2D eigenvalue weighted by atomic mass is 16.5. The lowest BCUT2D eigenvalue weighted by Gasteiger charge is -2.21. The van der Waals surface area contributed by atoms with Crippen LogP contribution in [0.3, 0.4) is 0 Å². The molecule has 0 atom stereocenters. The van der Waals surface area contributed by atoms with E-state index in [2.05, 4.69) is 5.32 Å². The Bertz CT molecular complexity index is 499. The Morgan fingerprint density at radius 1 is 1.29 bits per heavy atom. The quantitative estimate of drug-likeness (QED) is 0.713. The molecule has 6 nitrogen and oxygen atoms in total. The molecule has 0 aliphatic heterocycles. The van der Waals surface area contributed by atoms with Gasteiger partial charge in [0.1, 0.15) is 11.3 Å². The molecule has 0 aromatic heterocycles. The predicted molar refractivity (Wildman–Crippen MR) is 77.6 cm³/mol. The average Bonchev–Trinajstić information content (AvgIpc) is 2.43. The second-order valence-electron chi connectivity index (χ2n) is 5.11. The number of rotatable bonds is 8. The fourth-order valence-electron chi connectivity index (χ4n) is 1.53. The zero-order valence-corrected chi connectivity index (χ0v) is 12.5. The lowest BCUT2D eigenvalue weighted by atomic mass is 10.1. The third kappa shape index (κ3) is 5.43. The maximum Gasteiger partial charge on any atom is 0.328 e. The van der Waals surface area contributed by atoms with E-state index in [9.17, 15) is 9.59 Å². The number of methoxy groups -OCH3 is 1. The minimum Gasteiger partial charge on any atom is -0.493 e. The number of hydrogen-bond donors (Lipinski definition) is 2. The molecule has 0 heterocycles. The van der Waals surface area contributed by atoms with Crippen LogP contribution in [0.2, 0.25) is 0 Å². The molecular formula is C15H21NO5. The van der Waals surface area contributed by atoms with Crippen molar-refractivity contribution in [2.45, 2.75) is 25.8 Å². The second-order valence-corrected chi connectivity index (χ2v) is 5.11. The standard InChI is InChI=1S/C15H21NO5/c1-15(2,14(18)19)16-13(17)11-6-4-7-12(10-11)21-9-5-8-20-3/h4,6-7,10H,5,8-9H2,1-3H3,(H,16,17)(H,18,19). The van der Waals surface area contributed by atoms with E-state index in [1.165, 1.54) is 13.8 Å². The van der Waals surface area contributed by atoms with Gasteiger partial charge in [0.2, 0.25) is 0 Å². The molecule has 116 valence electrons. The smallest absolute Gasteiger partial charge is 0.328 e. The van der Waals surface area contributed by atoms with Crippen LogP contribution in [0.25, 0.3) is 0 Å². The lowest BCUT2D eigenvalue weighted by molar-refractivity contribution is -0.143. The number of ether oxygens (including phenoxy) is 2. The molecule has 0 spiro atoms. The first-order valence-electron chi connectivity index (χ1n) is 6.64. The minimum atomic E-state index is -1.33. The number of benzene rings is 1. The van der Waals surface area contributed by atoms with Gasteiger partial charge in [-0.2, -0.15) is 0 Å². The first-order valence-corrected chi connectivity index (χ1v) is 6.64. The van der Waals surface area contributed by atoms with Gasteiger partial charge in [0, 0.05) is 25.7 Å². The van der Waals surface area contributed by atoms with Gasteiger partial charge in [-0.05, 0) is 32.0 Å². The summed E-state index contributed by atoms with van der Waals surface area (Å²) < 4.78 is 10.4. The molecule has 0 aliphatic rings. The monoisotopic (exact) mass is 295 g/mol. The molecule has 2 N–H and O–H groups in total. The van der Waals surface area contributed by atoms with Gasteiger partial charge in [0.05, 0.1) is 6.61 Å². The Kier molecular flexibility index (Phi) is 6.17. The minimum absolute atomic E-state index is 0.355. The fourth-order valence-corrected chi connectivity index (χ4v) is 1.53. The van der Waals surface area contributed by atoms with Crippen molar-refractivity contribution in [3.05, 3.63) is 29.8 Å². The predicted octanol–water partition coefficient (Wildman–Crippen LogP) is 1.69. The van der Waals surface area contributed by atoms with Gasteiger partial charge in [-0.15, -0.1) is 0 Å². The maximum absolute atomic E-state index is 12.0. The van der Waals surface area contributed by atoms with Crippen molar-refractivity contribution in [2.24, 2.45) is 0 Å². The summed E-state index contributed by atoms with van der Waals surface area (Å²) >= 11 is 0. The molecule has 1 aromatic carbocycles. The van der Waals surface area contributed by atoms with E-state index >= 15 is 0 Å². The zero-order valence-electron chi connectivity index (χ0n) is 12.5. The highest BCUT2D eigenvalue weighted by molar-refractivity contribution is 5.97. The normalized spacial score (nSPS) is 11.0. The first kappa shape index (κ1) is 17.0. The number of carboxylic acids is 1. The molecular weight excluding hydrogens is 274 g/mol. The van der Waals surface area contributed by atoms with Crippen LogP contribution >= 0.6 is 0 Å². The molecule has 0 bridgehead atoms. The molecule has 6 heteroatoms. The van der Waals surface area contributed by atoms with Gasteiger partial charge >= 0.3 is 5.97 Å². The van der Waals surface area contributed by atoms with Gasteiger partial charge in [0.25, 0.3) is 5.91 Å². The molecule has 0 unspecified atom stereocenters. The van der Waals surface area contributed by atoms with E-state index in [1.54, 1.807) is 31.4 Å². The summed E-state index contributed by atoms with van der Waals surface area (Å²) in [6.45, 7) is 3.95. The van der Waals surface area contributed by atoms with Gasteiger partial charge in [0.15, 0.2) is 0 Å². The number of amides is 1. The Balaban J connectivity index is 2.67. The van der Waals surface area contributed by atoms with E-state index < -0.39 is 17.4 Å². The maximum atomic E-state index is 12.0. The molecule has 1 amide bonds. The third-order valence-electron chi connectivity index (χ3n) is 2.82. The zero-order chi connectivity index (χ0) is 15.9. The summed E-state index contributed by atoms with van der Waals surface area (Å²) in [6, 6.07) is 6.62. The van der Waals surface area contributed by atoms with Gasteiger partial charge < -0.3 is 19.9 Å². The van der Waals surface area contributed by atoms with Gasteiger partial charge in [-0.3, -0.25) is 4.79 Å². The summed E-state index contributed by atoms with van der Waals surface area (Å²) in [7, 11) is 1.62. The lowest BCUT2D eigenvalue weighted by Crippen LogP contribution is -2.49. The van der Waals surface area contributed by atoms with Crippen LogP contribution in [-0.4, -0.2) is 42.8 Å². The number of hydrogen-bond acceptors (Lipinski definition) is 4. The van der Waals surface area contributed by atoms with Crippen LogP contribution in [0.1, 0.15) is 30.6 Å². The second kappa shape index (κ2) is 7.64. The Hall–Kier alpha value is -2.08. The molecule has 1 rings (SSSR count). The van der Waals surface area contributed by atoms with Crippen LogP contribution in [0, 0.1) is 0 Å². The number of carbonyl (C=O) groups excluding carboxylic acids is 1. The summed E-state index contributed by atoms with van der Waals surface area (Å²) in [5.74, 6) is -0.987. The van der Waals surface area contributed by atoms with Crippen molar-refractivity contribution < 1.29 is 24.2 Å². The first-order chi connectivity index (χ1) is 9.86. The van der Waals surface area contributed by atoms with E-state index in [-0.39, 0.29) is 0 Å². The van der Waals surface area contributed by atoms with Crippen LogP contribution in [0.15, 0.2) is 24.3 Å². The van der Waals surface area contributed by atoms with Crippen molar-refractivity contribution in [3.63, 3.8) is 0 Å². The van der Waals surface area contributed by atoms with Crippen LogP contribution in [0.4, 0.5) is 0 Å². The van der Waals surface area contributed by atoms with Crippen LogP contribution < -0.4 is 10.1 Å². The number of carboxylic acid groups (broad SMARTS) is 1. The SMILES string of the molecule is COCCCOc1cccc(C(=O)NC(C)(C)C(=O)O)c1. The van der Waals surface area contributed by atoms with Crippen molar-refractivity contribution >= 4 is 11.9 Å². The van der Waals surface area contributed by atoms with Gasteiger partial charge in [-0.1, -0.05) is 6.07 Å². The molecule has 1 aromatic rings. The van der Waals surface area contributed by atoms with Crippen molar-refractivity contribution in [3.8, 4) is 5.75 Å². The molecule has 0 radical (unpaired) electrons. The summed E-state index contributed by atoms with van der Waals surface area (Å²) in [5, 5.41) is 11.5. The van der Waals surface area contributed by atoms with E-state index in [0.29, 0.717) is 24.5 Å². The van der Waals surface area contributed by atoms with Gasteiger partial charge in [-0.25, -0.2) is 4.79 Å². The summed E-state index contributed by atoms with van der Waals surface area (Å²) in [6.07, 6.45) is 0.749. The molecule has 0 fully saturated rings. The Labute approximate surface area is 124 Å². The Morgan fingerprint density at radius 2 is 2.00 bits per heavy atom. The topological polar surface area (TPSA) is 84.9 Å². The molecule has 0 saturated carbocycles. The summed E-state index contributed by atoms with van der Waals surface area (Å²) in [4.78, 5) is 23.0. The third-order valence-corrected chi connectivity index (χ3v) is 2.82. The Morgan fingerprint density at radius 3 is 2.62 bits per heavy atom. The van der Waals surface area contributed by atoms with Crippen molar-refractivity contribution in [1.29, 1.82) is 0 Å². The molecule has 0 aliphatic carbocycles. The number of aliphatic carboxylic acids is 1. The van der Waals surface area contributed by atoms with E-state index in [0.717, 1.165) is 6.42 Å². The van der Waals surface area contributed by atoms with E-state index in [1.807, 2.05) is 0 Å². The summed E-state index contributed by atoms with van der Waals surface area (Å²) in [5.41, 5.74) is -0.972. The highest BCUT2D eigenvalue weighted by Crippen LogP contribution is 2.14. The average molecular weight is 295 g/mol. The largest absolute Gasteiger partial charge is 0.493 e. The van der Waals surface area contributed by atoms with Crippen molar-refractivity contribution in [1.82, 2.24) is 5.32 Å². The highest BCUT2D eigenvalue weighted by Gasteiger charge is 2.29. The number of carbonyl (C=O) groups is 2.